The molecule has 23 heavy (non-hydrogen) atoms. The Morgan fingerprint density at radius 3 is 2.91 bits per heavy atom. The Kier molecular flexibility index (Phi) is 6.10. The lowest BCUT2D eigenvalue weighted by Crippen LogP contribution is -2.35. The minimum Gasteiger partial charge on any atom is -0.396 e. The van der Waals surface area contributed by atoms with E-state index in [4.69, 9.17) is 4.52 Å². The van der Waals surface area contributed by atoms with Crippen LogP contribution in [0.15, 0.2) is 28.9 Å². The first-order chi connectivity index (χ1) is 11.1. The molecule has 2 aromatic heterocycles. The molecule has 2 rings (SSSR count). The zero-order valence-electron chi connectivity index (χ0n) is 13.4. The number of rotatable bonds is 7. The van der Waals surface area contributed by atoms with Crippen LogP contribution < -0.4 is 10.6 Å². The second kappa shape index (κ2) is 8.28. The number of nitrogens with one attached hydrogen (secondary N) is 2. The van der Waals surface area contributed by atoms with E-state index in [1.165, 1.54) is 0 Å². The van der Waals surface area contributed by atoms with Crippen molar-refractivity contribution in [3.63, 3.8) is 0 Å². The predicted molar refractivity (Wildman–Crippen MR) is 86.2 cm³/mol. The normalized spacial score (nSPS) is 12.0. The monoisotopic (exact) mass is 318 g/mol. The number of carbonyl (C=O) groups excluding carboxylic acids is 1. The third kappa shape index (κ3) is 4.79. The molecule has 3 N–H and O–H groups in total. The fraction of sp³-hybridized carbons (Fsp3) is 0.438. The van der Waals surface area contributed by atoms with E-state index in [2.05, 4.69) is 20.8 Å². The highest BCUT2D eigenvalue weighted by Gasteiger charge is 2.15. The van der Waals surface area contributed by atoms with Crippen molar-refractivity contribution in [3.8, 4) is 0 Å². The topological polar surface area (TPSA) is 100 Å². The molecule has 0 aliphatic carbocycles. The number of hydrogen-bond donors (Lipinski definition) is 3. The highest BCUT2D eigenvalue weighted by Crippen LogP contribution is 2.19. The summed E-state index contributed by atoms with van der Waals surface area (Å²) in [6, 6.07) is 5.30. The Balaban J connectivity index is 1.86. The van der Waals surface area contributed by atoms with Crippen LogP contribution in [-0.4, -0.2) is 34.4 Å². The number of carbonyl (C=O) groups is 1. The van der Waals surface area contributed by atoms with Gasteiger partial charge in [-0.25, -0.2) is 4.79 Å². The Hall–Kier alpha value is -2.41. The summed E-state index contributed by atoms with van der Waals surface area (Å²) in [5.74, 6) is 0.481. The van der Waals surface area contributed by atoms with Crippen LogP contribution in [0.5, 0.6) is 0 Å². The molecule has 0 radical (unpaired) electrons. The highest BCUT2D eigenvalue weighted by molar-refractivity contribution is 5.90. The Bertz CT molecular complexity index is 628. The Labute approximate surface area is 135 Å². The fourth-order valence-electron chi connectivity index (χ4n) is 2.23. The number of hydrogen-bond acceptors (Lipinski definition) is 5. The third-order valence-electron chi connectivity index (χ3n) is 3.54. The second-order valence-electron chi connectivity index (χ2n) is 5.32. The summed E-state index contributed by atoms with van der Waals surface area (Å²) < 4.78 is 5.07. The molecule has 0 spiro atoms. The van der Waals surface area contributed by atoms with Crippen LogP contribution in [0.25, 0.3) is 0 Å². The molecule has 124 valence electrons. The molecule has 0 bridgehead atoms. The lowest BCUT2D eigenvalue weighted by molar-refractivity contribution is 0.217. The van der Waals surface area contributed by atoms with Crippen LogP contribution in [0.2, 0.25) is 0 Å². The van der Waals surface area contributed by atoms with Crippen molar-refractivity contribution in [2.24, 2.45) is 5.92 Å². The molecule has 0 aliphatic rings. The van der Waals surface area contributed by atoms with Crippen molar-refractivity contribution in [3.05, 3.63) is 41.5 Å². The summed E-state index contributed by atoms with van der Waals surface area (Å²) in [6.07, 6.45) is 2.99. The molecular weight excluding hydrogens is 296 g/mol. The number of nitrogens with zero attached hydrogens (tertiary/aromatic N) is 2. The van der Waals surface area contributed by atoms with Gasteiger partial charge in [0.15, 0.2) is 5.76 Å². The second-order valence-corrected chi connectivity index (χ2v) is 5.32. The number of pyridine rings is 1. The van der Waals surface area contributed by atoms with E-state index >= 15 is 0 Å². The number of aryl methyl sites for hydroxylation is 2. The molecule has 0 fully saturated rings. The molecule has 2 heterocycles. The van der Waals surface area contributed by atoms with E-state index in [0.29, 0.717) is 36.5 Å². The van der Waals surface area contributed by atoms with Crippen molar-refractivity contribution < 1.29 is 14.4 Å². The minimum absolute atomic E-state index is 0.0244. The first-order valence-electron chi connectivity index (χ1n) is 7.64. The van der Waals surface area contributed by atoms with Crippen LogP contribution in [0.3, 0.4) is 0 Å². The molecule has 1 atom stereocenters. The summed E-state index contributed by atoms with van der Waals surface area (Å²) in [5, 5.41) is 18.9. The van der Waals surface area contributed by atoms with Crippen LogP contribution in [0.4, 0.5) is 10.5 Å². The van der Waals surface area contributed by atoms with Crippen LogP contribution in [0, 0.1) is 12.8 Å². The molecule has 0 aliphatic heterocycles. The molecule has 7 heteroatoms. The van der Waals surface area contributed by atoms with Gasteiger partial charge in [0.2, 0.25) is 0 Å². The van der Waals surface area contributed by atoms with E-state index in [0.717, 1.165) is 5.69 Å². The largest absolute Gasteiger partial charge is 0.396 e. The predicted octanol–water partition coefficient (Wildman–Crippen LogP) is 1.91. The van der Waals surface area contributed by atoms with E-state index in [1.54, 1.807) is 13.1 Å². The molecule has 2 amide bonds. The zero-order valence-corrected chi connectivity index (χ0v) is 13.4. The van der Waals surface area contributed by atoms with Gasteiger partial charge in [-0.3, -0.25) is 4.98 Å². The van der Waals surface area contributed by atoms with Gasteiger partial charge in [-0.2, -0.15) is 0 Å². The molecule has 0 saturated carbocycles. The van der Waals surface area contributed by atoms with Gasteiger partial charge >= 0.3 is 6.03 Å². The van der Waals surface area contributed by atoms with Crippen LogP contribution >= 0.6 is 0 Å². The first-order valence-corrected chi connectivity index (χ1v) is 7.64. The summed E-state index contributed by atoms with van der Waals surface area (Å²) >= 11 is 0. The number of amides is 2. The standard InChI is InChI=1S/C16H22N4O3/c1-3-14-15(11(2)23-20-14)19-16(22)18-9-12(10-21)8-13-6-4-5-7-17-13/h4-7,12,21H,3,8-10H2,1-2H3,(H2,18,19,22). The summed E-state index contributed by atoms with van der Waals surface area (Å²) in [4.78, 5) is 16.2. The van der Waals surface area contributed by atoms with E-state index < -0.39 is 0 Å². The van der Waals surface area contributed by atoms with Gasteiger partial charge in [0.1, 0.15) is 11.4 Å². The van der Waals surface area contributed by atoms with E-state index in [-0.39, 0.29) is 18.6 Å². The van der Waals surface area contributed by atoms with Crippen molar-refractivity contribution in [1.82, 2.24) is 15.5 Å². The number of aromatic nitrogens is 2. The SMILES string of the molecule is CCc1noc(C)c1NC(=O)NCC(CO)Cc1ccccn1. The molecule has 7 nitrogen and oxygen atoms in total. The minimum atomic E-state index is -0.342. The maximum Gasteiger partial charge on any atom is 0.319 e. The smallest absolute Gasteiger partial charge is 0.319 e. The lowest BCUT2D eigenvalue weighted by atomic mass is 10.0. The van der Waals surface area contributed by atoms with Gasteiger partial charge in [0.05, 0.1) is 0 Å². The maximum atomic E-state index is 12.0. The zero-order chi connectivity index (χ0) is 16.7. The van der Waals surface area contributed by atoms with Crippen LogP contribution in [-0.2, 0) is 12.8 Å². The van der Waals surface area contributed by atoms with Crippen molar-refractivity contribution in [2.45, 2.75) is 26.7 Å². The van der Waals surface area contributed by atoms with Gasteiger partial charge in [-0.05, 0) is 31.9 Å². The number of aliphatic hydroxyl groups excluding tert-OH is 1. The summed E-state index contributed by atoms with van der Waals surface area (Å²) in [6.45, 7) is 4.02. The van der Waals surface area contributed by atoms with Crippen LogP contribution in [0.1, 0.15) is 24.1 Å². The molecule has 0 aromatic carbocycles. The van der Waals surface area contributed by atoms with E-state index in [9.17, 15) is 9.90 Å². The van der Waals surface area contributed by atoms with Gasteiger partial charge in [-0.15, -0.1) is 0 Å². The molecule has 2 aromatic rings. The third-order valence-corrected chi connectivity index (χ3v) is 3.54. The van der Waals surface area contributed by atoms with E-state index in [1.807, 2.05) is 25.1 Å². The van der Waals surface area contributed by atoms with Gasteiger partial charge in [0, 0.05) is 31.0 Å². The fourth-order valence-corrected chi connectivity index (χ4v) is 2.23. The number of anilines is 1. The van der Waals surface area contributed by atoms with Crippen molar-refractivity contribution >= 4 is 11.7 Å². The number of aliphatic hydroxyl groups is 1. The molecule has 1 unspecified atom stereocenters. The first kappa shape index (κ1) is 17.0. The lowest BCUT2D eigenvalue weighted by Gasteiger charge is -2.15. The average Bonchev–Trinajstić information content (AvgIpc) is 2.92. The molecule has 0 saturated heterocycles. The average molecular weight is 318 g/mol. The Morgan fingerprint density at radius 2 is 2.26 bits per heavy atom. The Morgan fingerprint density at radius 1 is 1.43 bits per heavy atom. The van der Waals surface area contributed by atoms with Crippen molar-refractivity contribution in [1.29, 1.82) is 0 Å². The van der Waals surface area contributed by atoms with Gasteiger partial charge in [-0.1, -0.05) is 18.1 Å². The number of urea groups is 1. The maximum absolute atomic E-state index is 12.0. The summed E-state index contributed by atoms with van der Waals surface area (Å²) in [7, 11) is 0. The molecular formula is C16H22N4O3. The summed E-state index contributed by atoms with van der Waals surface area (Å²) in [5.41, 5.74) is 2.21. The van der Waals surface area contributed by atoms with Crippen molar-refractivity contribution in [2.75, 3.05) is 18.5 Å². The van der Waals surface area contributed by atoms with Gasteiger partial charge < -0.3 is 20.3 Å². The van der Waals surface area contributed by atoms with Gasteiger partial charge in [0.25, 0.3) is 0 Å². The quantitative estimate of drug-likeness (QED) is 0.724. The highest BCUT2D eigenvalue weighted by atomic mass is 16.5.